The number of benzene rings is 1. The molecule has 0 aliphatic heterocycles. The average Bonchev–Trinajstić information content (AvgIpc) is 3.14. The second-order valence-electron chi connectivity index (χ2n) is 6.03. The zero-order valence-electron chi connectivity index (χ0n) is 14.3. The van der Waals surface area contributed by atoms with Gasteiger partial charge in [-0.15, -0.1) is 0 Å². The molecule has 2 amide bonds. The van der Waals surface area contributed by atoms with Crippen molar-refractivity contribution in [1.29, 1.82) is 0 Å². The SMILES string of the molecule is COCCCNC(=O)C(=O)Nc1ccc(S(=O)(=O)C2CCCC2)cc1. The van der Waals surface area contributed by atoms with Crippen molar-refractivity contribution in [2.45, 2.75) is 42.2 Å². The number of hydrogen-bond acceptors (Lipinski definition) is 5. The second kappa shape index (κ2) is 8.96. The zero-order valence-corrected chi connectivity index (χ0v) is 15.1. The van der Waals surface area contributed by atoms with Crippen LogP contribution in [0.4, 0.5) is 5.69 Å². The topological polar surface area (TPSA) is 102 Å². The van der Waals surface area contributed by atoms with E-state index in [-0.39, 0.29) is 10.1 Å². The first kappa shape index (κ1) is 19.4. The van der Waals surface area contributed by atoms with Crippen LogP contribution in [0.25, 0.3) is 0 Å². The Morgan fingerprint density at radius 2 is 1.76 bits per heavy atom. The predicted molar refractivity (Wildman–Crippen MR) is 94.0 cm³/mol. The molecule has 0 saturated heterocycles. The summed E-state index contributed by atoms with van der Waals surface area (Å²) in [6, 6.07) is 5.94. The van der Waals surface area contributed by atoms with Crippen LogP contribution in [0.3, 0.4) is 0 Å². The van der Waals surface area contributed by atoms with Crippen molar-refractivity contribution in [3.8, 4) is 0 Å². The van der Waals surface area contributed by atoms with Gasteiger partial charge in [-0.05, 0) is 43.5 Å². The maximum atomic E-state index is 12.5. The number of carbonyl (C=O) groups excluding carboxylic acids is 2. The molecule has 1 aliphatic rings. The first-order valence-electron chi connectivity index (χ1n) is 8.37. The van der Waals surface area contributed by atoms with E-state index in [1.165, 1.54) is 24.3 Å². The van der Waals surface area contributed by atoms with Crippen LogP contribution in [-0.2, 0) is 24.2 Å². The Morgan fingerprint density at radius 3 is 2.36 bits per heavy atom. The summed E-state index contributed by atoms with van der Waals surface area (Å²) in [6.07, 6.45) is 3.90. The van der Waals surface area contributed by atoms with Crippen LogP contribution in [0.15, 0.2) is 29.2 Å². The number of carbonyl (C=O) groups is 2. The number of hydrogen-bond donors (Lipinski definition) is 2. The van der Waals surface area contributed by atoms with Crippen molar-refractivity contribution in [3.63, 3.8) is 0 Å². The number of ether oxygens (including phenoxy) is 1. The number of sulfone groups is 1. The summed E-state index contributed by atoms with van der Waals surface area (Å²) in [5, 5.41) is 4.62. The maximum Gasteiger partial charge on any atom is 0.313 e. The Kier molecular flexibility index (Phi) is 6.95. The van der Waals surface area contributed by atoms with Gasteiger partial charge >= 0.3 is 11.8 Å². The van der Waals surface area contributed by atoms with Gasteiger partial charge in [0.15, 0.2) is 9.84 Å². The van der Waals surface area contributed by atoms with Crippen molar-refractivity contribution < 1.29 is 22.7 Å². The summed E-state index contributed by atoms with van der Waals surface area (Å²) in [5.74, 6) is -1.53. The standard InChI is InChI=1S/C17H24N2O5S/c1-24-12-4-11-18-16(20)17(21)19-13-7-9-15(10-8-13)25(22,23)14-5-2-3-6-14/h7-10,14H,2-6,11-12H2,1H3,(H,18,20)(H,19,21). The highest BCUT2D eigenvalue weighted by Crippen LogP contribution is 2.29. The molecular weight excluding hydrogens is 344 g/mol. The van der Waals surface area contributed by atoms with E-state index in [2.05, 4.69) is 10.6 Å². The molecule has 25 heavy (non-hydrogen) atoms. The molecule has 0 unspecified atom stereocenters. The summed E-state index contributed by atoms with van der Waals surface area (Å²) < 4.78 is 29.8. The van der Waals surface area contributed by atoms with Gasteiger partial charge in [-0.1, -0.05) is 12.8 Å². The van der Waals surface area contributed by atoms with Crippen LogP contribution in [0, 0.1) is 0 Å². The number of anilines is 1. The predicted octanol–water partition coefficient (Wildman–Crippen LogP) is 1.49. The minimum Gasteiger partial charge on any atom is -0.385 e. The molecule has 8 heteroatoms. The first-order valence-corrected chi connectivity index (χ1v) is 9.92. The van der Waals surface area contributed by atoms with Crippen LogP contribution in [0.1, 0.15) is 32.1 Å². The van der Waals surface area contributed by atoms with Crippen LogP contribution < -0.4 is 10.6 Å². The maximum absolute atomic E-state index is 12.5. The van der Waals surface area contributed by atoms with Crippen LogP contribution in [0.2, 0.25) is 0 Å². The van der Waals surface area contributed by atoms with Gasteiger partial charge in [0.05, 0.1) is 10.1 Å². The first-order chi connectivity index (χ1) is 11.9. The van der Waals surface area contributed by atoms with Crippen LogP contribution in [-0.4, -0.2) is 45.7 Å². The van der Waals surface area contributed by atoms with E-state index in [4.69, 9.17) is 4.74 Å². The van der Waals surface area contributed by atoms with Crippen molar-refractivity contribution in [1.82, 2.24) is 5.32 Å². The van der Waals surface area contributed by atoms with E-state index < -0.39 is 21.7 Å². The van der Waals surface area contributed by atoms with E-state index in [1.54, 1.807) is 7.11 Å². The highest BCUT2D eigenvalue weighted by atomic mass is 32.2. The van der Waals surface area contributed by atoms with Crippen molar-refractivity contribution in [2.24, 2.45) is 0 Å². The molecule has 2 N–H and O–H groups in total. The lowest BCUT2D eigenvalue weighted by atomic mass is 10.3. The fourth-order valence-corrected chi connectivity index (χ4v) is 4.66. The molecule has 0 spiro atoms. The molecule has 1 saturated carbocycles. The molecule has 1 aromatic carbocycles. The fraction of sp³-hybridized carbons (Fsp3) is 0.529. The Hall–Kier alpha value is -1.93. The normalized spacial score (nSPS) is 15.1. The van der Waals surface area contributed by atoms with E-state index in [0.29, 0.717) is 38.1 Å². The molecule has 2 rings (SSSR count). The number of amides is 2. The molecular formula is C17H24N2O5S. The molecule has 0 heterocycles. The number of nitrogens with one attached hydrogen (secondary N) is 2. The fourth-order valence-electron chi connectivity index (χ4n) is 2.81. The monoisotopic (exact) mass is 368 g/mol. The number of rotatable bonds is 7. The second-order valence-corrected chi connectivity index (χ2v) is 8.26. The van der Waals surface area contributed by atoms with Crippen molar-refractivity contribution >= 4 is 27.3 Å². The summed E-state index contributed by atoms with van der Waals surface area (Å²) in [6.45, 7) is 0.845. The summed E-state index contributed by atoms with van der Waals surface area (Å²) in [4.78, 5) is 23.7. The lowest BCUT2D eigenvalue weighted by molar-refractivity contribution is -0.136. The Balaban J connectivity index is 1.91. The van der Waals surface area contributed by atoms with Gasteiger partial charge in [0.1, 0.15) is 0 Å². The van der Waals surface area contributed by atoms with Gasteiger partial charge in [0.25, 0.3) is 0 Å². The Bertz CT molecular complexity index is 694. The summed E-state index contributed by atoms with van der Waals surface area (Å²) >= 11 is 0. The highest BCUT2D eigenvalue weighted by Gasteiger charge is 2.30. The van der Waals surface area contributed by atoms with E-state index in [0.717, 1.165) is 12.8 Å². The molecule has 0 radical (unpaired) electrons. The van der Waals surface area contributed by atoms with Crippen LogP contribution in [0.5, 0.6) is 0 Å². The lowest BCUT2D eigenvalue weighted by Crippen LogP contribution is -2.36. The van der Waals surface area contributed by atoms with E-state index >= 15 is 0 Å². The van der Waals surface area contributed by atoms with Gasteiger partial charge in [-0.25, -0.2) is 8.42 Å². The third-order valence-electron chi connectivity index (χ3n) is 4.20. The molecule has 0 bridgehead atoms. The summed E-state index contributed by atoms with van der Waals surface area (Å²) in [5.41, 5.74) is 0.377. The molecule has 0 atom stereocenters. The van der Waals surface area contributed by atoms with E-state index in [9.17, 15) is 18.0 Å². The van der Waals surface area contributed by atoms with Crippen molar-refractivity contribution in [2.75, 3.05) is 25.6 Å². The zero-order chi connectivity index (χ0) is 18.3. The molecule has 0 aromatic heterocycles. The third-order valence-corrected chi connectivity index (χ3v) is 6.48. The summed E-state index contributed by atoms with van der Waals surface area (Å²) in [7, 11) is -1.76. The Morgan fingerprint density at radius 1 is 1.12 bits per heavy atom. The molecule has 7 nitrogen and oxygen atoms in total. The smallest absolute Gasteiger partial charge is 0.313 e. The molecule has 1 fully saturated rings. The van der Waals surface area contributed by atoms with Gasteiger partial charge in [-0.2, -0.15) is 0 Å². The minimum absolute atomic E-state index is 0.251. The Labute approximate surface area is 148 Å². The lowest BCUT2D eigenvalue weighted by Gasteiger charge is -2.12. The third kappa shape index (κ3) is 5.27. The quantitative estimate of drug-likeness (QED) is 0.561. The highest BCUT2D eigenvalue weighted by molar-refractivity contribution is 7.92. The number of methoxy groups -OCH3 is 1. The minimum atomic E-state index is -3.32. The molecule has 138 valence electrons. The van der Waals surface area contributed by atoms with E-state index in [1.807, 2.05) is 0 Å². The van der Waals surface area contributed by atoms with Crippen LogP contribution >= 0.6 is 0 Å². The van der Waals surface area contributed by atoms with Gasteiger partial charge in [0.2, 0.25) is 0 Å². The average molecular weight is 368 g/mol. The van der Waals surface area contributed by atoms with Gasteiger partial charge in [0, 0.05) is 25.9 Å². The van der Waals surface area contributed by atoms with Crippen molar-refractivity contribution in [3.05, 3.63) is 24.3 Å². The van der Waals surface area contributed by atoms with Gasteiger partial charge < -0.3 is 15.4 Å². The molecule has 1 aliphatic carbocycles. The van der Waals surface area contributed by atoms with Gasteiger partial charge in [-0.3, -0.25) is 9.59 Å². The molecule has 1 aromatic rings. The largest absolute Gasteiger partial charge is 0.385 e.